The highest BCUT2D eigenvalue weighted by atomic mass is 14.3. The first-order chi connectivity index (χ1) is 10.6. The minimum absolute atomic E-state index is 0.349. The third kappa shape index (κ3) is 2.13. The molecule has 112 valence electrons. The van der Waals surface area contributed by atoms with Crippen LogP contribution in [0.15, 0.2) is 42.5 Å². The second-order valence-electron chi connectivity index (χ2n) is 7.61. The van der Waals surface area contributed by atoms with Gasteiger partial charge >= 0.3 is 0 Å². The van der Waals surface area contributed by atoms with Crippen LogP contribution in [0.25, 0.3) is 16.7 Å². The van der Waals surface area contributed by atoms with Crippen LogP contribution in [-0.2, 0) is 6.42 Å². The lowest BCUT2D eigenvalue weighted by molar-refractivity contribution is 0.410. The van der Waals surface area contributed by atoms with Gasteiger partial charge in [-0.25, -0.2) is 0 Å². The second-order valence-corrected chi connectivity index (χ2v) is 7.61. The fourth-order valence-electron chi connectivity index (χ4n) is 4.28. The zero-order chi connectivity index (χ0) is 15.3. The maximum Gasteiger partial charge on any atom is -0.00106 e. The van der Waals surface area contributed by atoms with E-state index in [2.05, 4.69) is 63.2 Å². The number of fused-ring (bicyclic) bond motifs is 3. The Morgan fingerprint density at radius 2 is 1.68 bits per heavy atom. The predicted molar refractivity (Wildman–Crippen MR) is 95.0 cm³/mol. The van der Waals surface area contributed by atoms with Gasteiger partial charge in [0.05, 0.1) is 0 Å². The molecule has 0 heterocycles. The van der Waals surface area contributed by atoms with E-state index in [0.29, 0.717) is 5.41 Å². The van der Waals surface area contributed by atoms with Crippen molar-refractivity contribution in [1.29, 1.82) is 0 Å². The Morgan fingerprint density at radius 3 is 2.50 bits per heavy atom. The minimum atomic E-state index is 0.349. The van der Waals surface area contributed by atoms with E-state index in [1.807, 2.05) is 0 Å². The summed E-state index contributed by atoms with van der Waals surface area (Å²) in [5.74, 6) is 0. The van der Waals surface area contributed by atoms with E-state index >= 15 is 0 Å². The fourth-order valence-corrected chi connectivity index (χ4v) is 4.28. The molecule has 0 aliphatic heterocycles. The predicted octanol–water partition coefficient (Wildman–Crippen LogP) is 6.16. The summed E-state index contributed by atoms with van der Waals surface area (Å²) in [5.41, 5.74) is 10.8. The van der Waals surface area contributed by atoms with E-state index in [1.165, 1.54) is 47.1 Å². The highest BCUT2D eigenvalue weighted by Crippen LogP contribution is 2.43. The van der Waals surface area contributed by atoms with Crippen LogP contribution in [-0.4, -0.2) is 0 Å². The van der Waals surface area contributed by atoms with E-state index in [-0.39, 0.29) is 0 Å². The van der Waals surface area contributed by atoms with Crippen LogP contribution < -0.4 is 0 Å². The van der Waals surface area contributed by atoms with Crippen LogP contribution >= 0.6 is 0 Å². The first-order valence-electron chi connectivity index (χ1n) is 8.48. The molecule has 2 aliphatic carbocycles. The molecule has 0 bridgehead atoms. The molecule has 0 fully saturated rings. The summed E-state index contributed by atoms with van der Waals surface area (Å²) in [4.78, 5) is 0. The maximum atomic E-state index is 2.52. The normalized spacial score (nSPS) is 18.6. The molecule has 0 unspecified atom stereocenters. The van der Waals surface area contributed by atoms with Gasteiger partial charge in [0.15, 0.2) is 0 Å². The molecule has 0 heteroatoms. The van der Waals surface area contributed by atoms with Gasteiger partial charge < -0.3 is 0 Å². The molecular weight excluding hydrogens is 264 g/mol. The first kappa shape index (κ1) is 13.8. The smallest absolute Gasteiger partial charge is 0.00106 e. The van der Waals surface area contributed by atoms with Gasteiger partial charge in [-0.05, 0) is 77.0 Å². The summed E-state index contributed by atoms with van der Waals surface area (Å²) in [6.07, 6.45) is 7.48. The first-order valence-corrected chi connectivity index (χ1v) is 8.48. The van der Waals surface area contributed by atoms with Gasteiger partial charge in [0, 0.05) is 0 Å². The summed E-state index contributed by atoms with van der Waals surface area (Å²) >= 11 is 0. The quantitative estimate of drug-likeness (QED) is 0.503. The van der Waals surface area contributed by atoms with Crippen molar-refractivity contribution in [3.63, 3.8) is 0 Å². The third-order valence-corrected chi connectivity index (χ3v) is 5.45. The molecule has 0 N–H and O–H groups in total. The Kier molecular flexibility index (Phi) is 3.04. The van der Waals surface area contributed by atoms with Crippen LogP contribution in [0, 0.1) is 12.3 Å². The van der Waals surface area contributed by atoms with Gasteiger partial charge in [0.2, 0.25) is 0 Å². The molecule has 2 aromatic carbocycles. The van der Waals surface area contributed by atoms with Gasteiger partial charge in [-0.1, -0.05) is 56.3 Å². The van der Waals surface area contributed by atoms with Crippen molar-refractivity contribution in [1.82, 2.24) is 0 Å². The topological polar surface area (TPSA) is 0 Å². The number of benzene rings is 2. The summed E-state index contributed by atoms with van der Waals surface area (Å²) in [7, 11) is 0. The molecule has 0 saturated heterocycles. The number of hydrogen-bond donors (Lipinski definition) is 0. The summed E-state index contributed by atoms with van der Waals surface area (Å²) in [6, 6.07) is 13.6. The number of hydrogen-bond acceptors (Lipinski definition) is 0. The molecule has 2 aromatic rings. The monoisotopic (exact) mass is 288 g/mol. The molecule has 0 amide bonds. The highest BCUT2D eigenvalue weighted by molar-refractivity contribution is 5.82. The molecule has 0 saturated carbocycles. The standard InChI is InChI=1S/C22H24/c1-15-18(17-8-6-12-22(2,3)14-17)10-11-20-19-9-5-4-7-16(19)13-21(15)20/h4-5,7,9-11,14H,6,8,12-13H2,1-3H3. The van der Waals surface area contributed by atoms with Crippen molar-refractivity contribution < 1.29 is 0 Å². The van der Waals surface area contributed by atoms with Gasteiger partial charge in [-0.2, -0.15) is 0 Å². The Hall–Kier alpha value is -1.82. The van der Waals surface area contributed by atoms with Crippen LogP contribution in [0.5, 0.6) is 0 Å². The summed E-state index contributed by atoms with van der Waals surface area (Å²) < 4.78 is 0. The van der Waals surface area contributed by atoms with Gasteiger partial charge in [0.1, 0.15) is 0 Å². The van der Waals surface area contributed by atoms with Crippen molar-refractivity contribution in [2.45, 2.75) is 46.5 Å². The molecule has 0 spiro atoms. The average molecular weight is 288 g/mol. The highest BCUT2D eigenvalue weighted by Gasteiger charge is 2.25. The van der Waals surface area contributed by atoms with E-state index in [0.717, 1.165) is 6.42 Å². The molecule has 0 atom stereocenters. The summed E-state index contributed by atoms with van der Waals surface area (Å²) in [5, 5.41) is 0. The minimum Gasteiger partial charge on any atom is -0.0750 e. The largest absolute Gasteiger partial charge is 0.0750 e. The third-order valence-electron chi connectivity index (χ3n) is 5.45. The van der Waals surface area contributed by atoms with E-state index in [4.69, 9.17) is 0 Å². The zero-order valence-electron chi connectivity index (χ0n) is 13.9. The van der Waals surface area contributed by atoms with E-state index in [1.54, 1.807) is 11.1 Å². The molecule has 2 aliphatic rings. The lowest BCUT2D eigenvalue weighted by Crippen LogP contribution is -2.13. The number of allylic oxidation sites excluding steroid dienone is 2. The van der Waals surface area contributed by atoms with Crippen LogP contribution in [0.2, 0.25) is 0 Å². The Morgan fingerprint density at radius 1 is 0.909 bits per heavy atom. The van der Waals surface area contributed by atoms with E-state index in [9.17, 15) is 0 Å². The lowest BCUT2D eigenvalue weighted by atomic mass is 9.77. The number of rotatable bonds is 1. The van der Waals surface area contributed by atoms with Crippen molar-refractivity contribution in [3.05, 3.63) is 64.7 Å². The molecule has 4 rings (SSSR count). The SMILES string of the molecule is Cc1c(C2=CC(C)(C)CCC2)ccc2c1Cc1ccccc1-2. The molecular formula is C22H24. The molecule has 22 heavy (non-hydrogen) atoms. The molecule has 0 aromatic heterocycles. The second kappa shape index (κ2) is 4.84. The molecule has 0 nitrogen and oxygen atoms in total. The Bertz CT molecular complexity index is 775. The summed E-state index contributed by atoms with van der Waals surface area (Å²) in [6.45, 7) is 7.05. The van der Waals surface area contributed by atoms with Crippen molar-refractivity contribution in [3.8, 4) is 11.1 Å². The van der Waals surface area contributed by atoms with Crippen LogP contribution in [0.3, 0.4) is 0 Å². The van der Waals surface area contributed by atoms with Gasteiger partial charge in [-0.3, -0.25) is 0 Å². The van der Waals surface area contributed by atoms with Crippen molar-refractivity contribution in [2.24, 2.45) is 5.41 Å². The van der Waals surface area contributed by atoms with E-state index < -0.39 is 0 Å². The van der Waals surface area contributed by atoms with Crippen molar-refractivity contribution >= 4 is 5.57 Å². The average Bonchev–Trinajstić information content (AvgIpc) is 2.86. The lowest BCUT2D eigenvalue weighted by Gasteiger charge is -2.28. The molecule has 0 radical (unpaired) electrons. The Labute approximate surface area is 133 Å². The maximum absolute atomic E-state index is 2.52. The zero-order valence-corrected chi connectivity index (χ0v) is 13.9. The van der Waals surface area contributed by atoms with Crippen LogP contribution in [0.1, 0.15) is 55.4 Å². The fraction of sp³-hybridized carbons (Fsp3) is 0.364. The van der Waals surface area contributed by atoms with Gasteiger partial charge in [-0.15, -0.1) is 0 Å². The Balaban J connectivity index is 1.83. The van der Waals surface area contributed by atoms with Crippen LogP contribution in [0.4, 0.5) is 0 Å². The van der Waals surface area contributed by atoms with Crippen molar-refractivity contribution in [2.75, 3.05) is 0 Å². The van der Waals surface area contributed by atoms with Gasteiger partial charge in [0.25, 0.3) is 0 Å².